The Hall–Kier alpha value is -3.47. The van der Waals surface area contributed by atoms with Crippen molar-refractivity contribution in [2.45, 2.75) is 84.8 Å². The molecule has 1 amide bonds. The van der Waals surface area contributed by atoms with Crippen molar-refractivity contribution < 1.29 is 39.5 Å². The summed E-state index contributed by atoms with van der Waals surface area (Å²) in [4.78, 5) is 53.8. The number of carboxylic acids is 2. The smallest absolute Gasteiger partial charge is 0.351 e. The van der Waals surface area contributed by atoms with E-state index in [9.17, 15) is 39.6 Å². The van der Waals surface area contributed by atoms with Crippen molar-refractivity contribution in [3.8, 4) is 11.8 Å². The molecule has 1 aliphatic rings. The third-order valence-corrected chi connectivity index (χ3v) is 6.78. The van der Waals surface area contributed by atoms with E-state index in [2.05, 4.69) is 22.1 Å². The number of ether oxygens (including phenoxy) is 1. The zero-order valence-corrected chi connectivity index (χ0v) is 23.0. The van der Waals surface area contributed by atoms with Gasteiger partial charge in [0, 0.05) is 25.5 Å². The molecule has 0 spiro atoms. The first kappa shape index (κ1) is 31.7. The second-order valence-corrected chi connectivity index (χ2v) is 11.7. The van der Waals surface area contributed by atoms with Crippen LogP contribution in [0.1, 0.15) is 72.6 Å². The molecule has 1 aromatic rings. The van der Waals surface area contributed by atoms with Gasteiger partial charge < -0.3 is 36.2 Å². The Morgan fingerprint density at radius 3 is 2.31 bits per heavy atom. The van der Waals surface area contributed by atoms with Crippen molar-refractivity contribution in [1.82, 2.24) is 14.9 Å². The number of nitrogens with one attached hydrogen (secondary N) is 1. The number of carbonyl (C=O) groups is 3. The van der Waals surface area contributed by atoms with Gasteiger partial charge >= 0.3 is 17.6 Å². The van der Waals surface area contributed by atoms with Crippen LogP contribution in [0.2, 0.25) is 0 Å². The Bertz CT molecular complexity index is 1220. The molecule has 0 radical (unpaired) electrons. The van der Waals surface area contributed by atoms with Gasteiger partial charge in [0.25, 0.3) is 0 Å². The van der Waals surface area contributed by atoms with E-state index >= 15 is 0 Å². The molecular formula is C26H38N4O9. The molecule has 0 aromatic carbocycles. The summed E-state index contributed by atoms with van der Waals surface area (Å²) in [7, 11) is 0. The van der Waals surface area contributed by atoms with Crippen LogP contribution in [0.4, 0.5) is 5.82 Å². The Morgan fingerprint density at radius 1 is 1.23 bits per heavy atom. The lowest BCUT2D eigenvalue weighted by molar-refractivity contribution is -0.172. The van der Waals surface area contributed by atoms with Gasteiger partial charge in [-0.25, -0.2) is 9.59 Å². The molecule has 1 fully saturated rings. The molecule has 1 aliphatic heterocycles. The minimum atomic E-state index is -2.12. The van der Waals surface area contributed by atoms with Crippen molar-refractivity contribution >= 4 is 23.7 Å². The minimum absolute atomic E-state index is 0.0390. The fourth-order valence-electron chi connectivity index (χ4n) is 4.85. The van der Waals surface area contributed by atoms with Crippen molar-refractivity contribution in [2.24, 2.45) is 16.7 Å². The summed E-state index contributed by atoms with van der Waals surface area (Å²) in [6, 6.07) is 0. The summed E-state index contributed by atoms with van der Waals surface area (Å²) in [5, 5.41) is 42.0. The summed E-state index contributed by atoms with van der Waals surface area (Å²) in [6.45, 7) is 9.06. The van der Waals surface area contributed by atoms with Crippen LogP contribution >= 0.6 is 0 Å². The minimum Gasteiger partial charge on any atom is -0.481 e. The lowest BCUT2D eigenvalue weighted by Gasteiger charge is -2.49. The second-order valence-electron chi connectivity index (χ2n) is 11.7. The maximum atomic E-state index is 12.9. The molecule has 39 heavy (non-hydrogen) atoms. The maximum absolute atomic E-state index is 12.9. The number of aliphatic hydroxyl groups excluding tert-OH is 2. The molecule has 0 saturated carbocycles. The van der Waals surface area contributed by atoms with Gasteiger partial charge in [0.1, 0.15) is 18.1 Å². The predicted molar refractivity (Wildman–Crippen MR) is 139 cm³/mol. The average molecular weight is 551 g/mol. The lowest BCUT2D eigenvalue weighted by atomic mass is 9.58. The van der Waals surface area contributed by atoms with Gasteiger partial charge in [0.05, 0.1) is 24.2 Å². The largest absolute Gasteiger partial charge is 0.481 e. The first-order chi connectivity index (χ1) is 17.9. The molecule has 2 rings (SSSR count). The summed E-state index contributed by atoms with van der Waals surface area (Å²) in [6.07, 6.45) is -1.62. The summed E-state index contributed by atoms with van der Waals surface area (Å²) in [5.41, 5.74) is 0.955. The van der Waals surface area contributed by atoms with Crippen LogP contribution in [0.5, 0.6) is 0 Å². The number of aliphatic carboxylic acids is 2. The van der Waals surface area contributed by atoms with E-state index in [0.29, 0.717) is 0 Å². The van der Waals surface area contributed by atoms with E-state index in [1.807, 2.05) is 0 Å². The van der Waals surface area contributed by atoms with Crippen LogP contribution < -0.4 is 16.7 Å². The molecule has 5 atom stereocenters. The third kappa shape index (κ3) is 6.76. The Kier molecular flexibility index (Phi) is 9.55. The first-order valence-corrected chi connectivity index (χ1v) is 12.5. The number of nitrogens with zero attached hydrogens (tertiary/aromatic N) is 2. The number of rotatable bonds is 8. The number of aliphatic hydroxyl groups is 2. The molecule has 5 unspecified atom stereocenters. The summed E-state index contributed by atoms with van der Waals surface area (Å²) >= 11 is 0. The number of amides is 1. The number of hydrogen-bond acceptors (Lipinski definition) is 9. The van der Waals surface area contributed by atoms with Gasteiger partial charge in [0.15, 0.2) is 5.54 Å². The van der Waals surface area contributed by atoms with Crippen molar-refractivity contribution in [3.63, 3.8) is 0 Å². The van der Waals surface area contributed by atoms with Gasteiger partial charge in [0.2, 0.25) is 5.91 Å². The number of carboxylic acid groups (broad SMARTS) is 2. The van der Waals surface area contributed by atoms with Gasteiger partial charge in [-0.3, -0.25) is 14.2 Å². The number of nitrogen functional groups attached to an aromatic ring is 1. The zero-order valence-electron chi connectivity index (χ0n) is 23.0. The van der Waals surface area contributed by atoms with Crippen LogP contribution in [0.3, 0.4) is 0 Å². The van der Waals surface area contributed by atoms with Gasteiger partial charge in [-0.15, -0.1) is 0 Å². The third-order valence-electron chi connectivity index (χ3n) is 6.78. The molecule has 1 aromatic heterocycles. The van der Waals surface area contributed by atoms with Gasteiger partial charge in [-0.05, 0) is 10.8 Å². The van der Waals surface area contributed by atoms with E-state index in [0.717, 1.165) is 4.57 Å². The zero-order chi connectivity index (χ0) is 29.9. The molecule has 1 saturated heterocycles. The van der Waals surface area contributed by atoms with Crippen molar-refractivity contribution in [2.75, 3.05) is 12.3 Å². The Labute approximate surface area is 226 Å². The van der Waals surface area contributed by atoms with E-state index in [-0.39, 0.29) is 30.6 Å². The highest BCUT2D eigenvalue weighted by Gasteiger charge is 2.61. The van der Waals surface area contributed by atoms with E-state index in [1.54, 1.807) is 41.5 Å². The highest BCUT2D eigenvalue weighted by atomic mass is 16.5. The van der Waals surface area contributed by atoms with E-state index in [4.69, 9.17) is 10.5 Å². The van der Waals surface area contributed by atoms with Crippen molar-refractivity contribution in [3.05, 3.63) is 22.2 Å². The Morgan fingerprint density at radius 2 is 1.85 bits per heavy atom. The molecular weight excluding hydrogens is 512 g/mol. The molecule has 0 bridgehead atoms. The van der Waals surface area contributed by atoms with E-state index in [1.165, 1.54) is 6.20 Å². The quantitative estimate of drug-likeness (QED) is 0.243. The molecule has 2 heterocycles. The molecule has 0 aliphatic carbocycles. The fraction of sp³-hybridized carbons (Fsp3) is 0.654. The lowest BCUT2D eigenvalue weighted by Crippen LogP contribution is -2.70. The SMILES string of the molecule is CC(C)(C)C(C(=O)O)C(NC(=O)CCC#Cc1cn(C2CC(O)C(CO)O2)c(=O)nc1N)(C(=O)O)C(C)(C)C. The maximum Gasteiger partial charge on any atom is 0.351 e. The van der Waals surface area contributed by atoms with E-state index < -0.39 is 70.9 Å². The standard InChI is InChI=1S/C26H38N4O9/c1-24(2,3)19(21(34)35)26(22(36)37,25(4,5)6)29-17(33)10-8-7-9-14-12-30(23(38)28-20(14)27)18-11-15(32)16(13-31)39-18/h12,15-16,18-19,31-32H,8,10-11,13H2,1-6H3,(H,29,33)(H,34,35)(H,36,37)(H2,27,28,38). The Balaban J connectivity index is 2.27. The van der Waals surface area contributed by atoms with Crippen LogP contribution in [0, 0.1) is 28.6 Å². The van der Waals surface area contributed by atoms with Crippen LogP contribution in [-0.2, 0) is 19.1 Å². The summed E-state index contributed by atoms with van der Waals surface area (Å²) < 4.78 is 6.59. The van der Waals surface area contributed by atoms with Gasteiger partial charge in [-0.1, -0.05) is 53.4 Å². The molecule has 13 heteroatoms. The molecule has 7 N–H and O–H groups in total. The van der Waals surface area contributed by atoms with Crippen molar-refractivity contribution in [1.29, 1.82) is 0 Å². The average Bonchev–Trinajstić information content (AvgIpc) is 3.15. The van der Waals surface area contributed by atoms with Crippen LogP contribution in [-0.4, -0.2) is 72.2 Å². The normalized spacial score (nSPS) is 21.8. The van der Waals surface area contributed by atoms with Crippen LogP contribution in [0.25, 0.3) is 0 Å². The first-order valence-electron chi connectivity index (χ1n) is 12.5. The number of anilines is 1. The number of hydrogen-bond donors (Lipinski definition) is 6. The monoisotopic (exact) mass is 550 g/mol. The highest BCUT2D eigenvalue weighted by molar-refractivity contribution is 5.93. The number of aromatic nitrogens is 2. The second kappa shape index (κ2) is 11.7. The fourth-order valence-corrected chi connectivity index (χ4v) is 4.85. The highest BCUT2D eigenvalue weighted by Crippen LogP contribution is 2.45. The topological polar surface area (TPSA) is 214 Å². The van der Waals surface area contributed by atoms with Crippen LogP contribution in [0.15, 0.2) is 11.0 Å². The molecule has 216 valence electrons. The number of nitrogens with two attached hydrogens (primary N) is 1. The predicted octanol–water partition coefficient (Wildman–Crippen LogP) is 0.331. The number of carbonyl (C=O) groups excluding carboxylic acids is 1. The molecule has 13 nitrogen and oxygen atoms in total. The summed E-state index contributed by atoms with van der Waals surface area (Å²) in [5.74, 6) is 0.349. The van der Waals surface area contributed by atoms with Gasteiger partial charge in [-0.2, -0.15) is 4.98 Å².